The average molecular weight is 350 g/mol. The fourth-order valence-corrected chi connectivity index (χ4v) is 4.26. The molecular weight excluding hydrogens is 324 g/mol. The Hall–Kier alpha value is -2.43. The highest BCUT2D eigenvalue weighted by molar-refractivity contribution is 5.79. The summed E-state index contributed by atoms with van der Waals surface area (Å²) in [7, 11) is 0. The van der Waals surface area contributed by atoms with E-state index in [9.17, 15) is 4.79 Å². The van der Waals surface area contributed by atoms with Gasteiger partial charge in [0.15, 0.2) is 0 Å². The SMILES string of the molecule is O=C(NCC1CCCc2ccccc21)C1CCCN(c2ncccn2)C1. The maximum atomic E-state index is 12.8. The topological polar surface area (TPSA) is 58.1 Å². The lowest BCUT2D eigenvalue weighted by Gasteiger charge is -2.32. The maximum absolute atomic E-state index is 12.8. The fraction of sp³-hybridized carbons (Fsp3) is 0.476. The van der Waals surface area contributed by atoms with E-state index in [0.717, 1.165) is 44.7 Å². The van der Waals surface area contributed by atoms with Crippen molar-refractivity contribution in [2.45, 2.75) is 38.0 Å². The maximum Gasteiger partial charge on any atom is 0.225 e. The Bertz CT molecular complexity index is 749. The normalized spacial score (nSPS) is 22.5. The number of aromatic nitrogens is 2. The summed E-state index contributed by atoms with van der Waals surface area (Å²) in [6.45, 7) is 2.37. The molecule has 0 radical (unpaired) electrons. The van der Waals surface area contributed by atoms with Gasteiger partial charge in [-0.25, -0.2) is 9.97 Å². The number of nitrogens with zero attached hydrogens (tertiary/aromatic N) is 3. The molecule has 1 aromatic carbocycles. The van der Waals surface area contributed by atoms with E-state index in [-0.39, 0.29) is 11.8 Å². The highest BCUT2D eigenvalue weighted by Crippen LogP contribution is 2.31. The average Bonchev–Trinajstić information content (AvgIpc) is 2.72. The van der Waals surface area contributed by atoms with Crippen LogP contribution in [0.5, 0.6) is 0 Å². The zero-order chi connectivity index (χ0) is 17.8. The summed E-state index contributed by atoms with van der Waals surface area (Å²) in [5, 5.41) is 3.23. The number of aryl methyl sites for hydroxylation is 1. The number of nitrogens with one attached hydrogen (secondary N) is 1. The van der Waals surface area contributed by atoms with Crippen molar-refractivity contribution in [1.29, 1.82) is 0 Å². The van der Waals surface area contributed by atoms with Gasteiger partial charge in [-0.05, 0) is 49.3 Å². The fourth-order valence-electron chi connectivity index (χ4n) is 4.26. The van der Waals surface area contributed by atoms with Gasteiger partial charge in [0.1, 0.15) is 0 Å². The lowest BCUT2D eigenvalue weighted by molar-refractivity contribution is -0.125. The van der Waals surface area contributed by atoms with E-state index in [0.29, 0.717) is 12.5 Å². The van der Waals surface area contributed by atoms with Gasteiger partial charge in [-0.3, -0.25) is 4.79 Å². The summed E-state index contributed by atoms with van der Waals surface area (Å²) < 4.78 is 0. The van der Waals surface area contributed by atoms with Crippen LogP contribution in [0.4, 0.5) is 5.95 Å². The number of benzene rings is 1. The summed E-state index contributed by atoms with van der Waals surface area (Å²) >= 11 is 0. The number of anilines is 1. The van der Waals surface area contributed by atoms with Crippen LogP contribution in [0.25, 0.3) is 0 Å². The Morgan fingerprint density at radius 1 is 1.12 bits per heavy atom. The van der Waals surface area contributed by atoms with Crippen molar-refractivity contribution in [1.82, 2.24) is 15.3 Å². The van der Waals surface area contributed by atoms with Gasteiger partial charge in [0.2, 0.25) is 11.9 Å². The minimum Gasteiger partial charge on any atom is -0.355 e. The molecule has 0 spiro atoms. The molecule has 1 N–H and O–H groups in total. The van der Waals surface area contributed by atoms with E-state index < -0.39 is 0 Å². The number of carbonyl (C=O) groups excluding carboxylic acids is 1. The van der Waals surface area contributed by atoms with Gasteiger partial charge in [0.25, 0.3) is 0 Å². The Morgan fingerprint density at radius 3 is 2.85 bits per heavy atom. The number of piperidine rings is 1. The molecule has 2 atom stereocenters. The third-order valence-corrected chi connectivity index (χ3v) is 5.64. The number of fused-ring (bicyclic) bond motifs is 1. The second-order valence-electron chi connectivity index (χ2n) is 7.37. The Labute approximate surface area is 154 Å². The first kappa shape index (κ1) is 17.0. The van der Waals surface area contributed by atoms with Crippen LogP contribution < -0.4 is 10.2 Å². The Morgan fingerprint density at radius 2 is 1.96 bits per heavy atom. The smallest absolute Gasteiger partial charge is 0.225 e. The summed E-state index contributed by atoms with van der Waals surface area (Å²) in [5.41, 5.74) is 2.87. The lowest BCUT2D eigenvalue weighted by Crippen LogP contribution is -2.44. The molecule has 4 rings (SSSR count). The van der Waals surface area contributed by atoms with Crippen LogP contribution in [-0.4, -0.2) is 35.5 Å². The predicted molar refractivity (Wildman–Crippen MR) is 102 cm³/mol. The molecule has 2 unspecified atom stereocenters. The van der Waals surface area contributed by atoms with E-state index in [4.69, 9.17) is 0 Å². The number of rotatable bonds is 4. The van der Waals surface area contributed by atoms with Crippen LogP contribution in [0.3, 0.4) is 0 Å². The molecule has 1 aliphatic carbocycles. The molecule has 1 saturated heterocycles. The lowest BCUT2D eigenvalue weighted by atomic mass is 9.83. The van der Waals surface area contributed by atoms with Crippen molar-refractivity contribution >= 4 is 11.9 Å². The monoisotopic (exact) mass is 350 g/mol. The second kappa shape index (κ2) is 7.85. The Kier molecular flexibility index (Phi) is 5.14. The van der Waals surface area contributed by atoms with Crippen LogP contribution >= 0.6 is 0 Å². The largest absolute Gasteiger partial charge is 0.355 e. The van der Waals surface area contributed by atoms with E-state index in [1.54, 1.807) is 12.4 Å². The number of hydrogen-bond acceptors (Lipinski definition) is 4. The molecule has 0 saturated carbocycles. The van der Waals surface area contributed by atoms with E-state index in [1.807, 2.05) is 6.07 Å². The van der Waals surface area contributed by atoms with Gasteiger partial charge in [0, 0.05) is 37.9 Å². The number of hydrogen-bond donors (Lipinski definition) is 1. The van der Waals surface area contributed by atoms with Crippen LogP contribution in [0, 0.1) is 5.92 Å². The molecule has 0 bridgehead atoms. The molecule has 1 aromatic heterocycles. The highest BCUT2D eigenvalue weighted by atomic mass is 16.1. The zero-order valence-corrected chi connectivity index (χ0v) is 15.1. The van der Waals surface area contributed by atoms with Crippen LogP contribution in [-0.2, 0) is 11.2 Å². The van der Waals surface area contributed by atoms with Crippen molar-refractivity contribution in [3.63, 3.8) is 0 Å². The quantitative estimate of drug-likeness (QED) is 0.921. The van der Waals surface area contributed by atoms with Gasteiger partial charge in [0.05, 0.1) is 5.92 Å². The molecule has 2 heterocycles. The molecule has 5 nitrogen and oxygen atoms in total. The van der Waals surface area contributed by atoms with Crippen molar-refractivity contribution in [2.24, 2.45) is 5.92 Å². The zero-order valence-electron chi connectivity index (χ0n) is 15.1. The third-order valence-electron chi connectivity index (χ3n) is 5.64. The first-order valence-corrected chi connectivity index (χ1v) is 9.69. The summed E-state index contributed by atoms with van der Waals surface area (Å²) in [5.74, 6) is 1.37. The molecule has 136 valence electrons. The summed E-state index contributed by atoms with van der Waals surface area (Å²) in [6.07, 6.45) is 8.99. The molecule has 1 fully saturated rings. The molecule has 5 heteroatoms. The van der Waals surface area contributed by atoms with Gasteiger partial charge in [-0.1, -0.05) is 24.3 Å². The van der Waals surface area contributed by atoms with Gasteiger partial charge in [-0.15, -0.1) is 0 Å². The molecule has 1 amide bonds. The summed E-state index contributed by atoms with van der Waals surface area (Å²) in [6, 6.07) is 10.5. The van der Waals surface area contributed by atoms with Crippen molar-refractivity contribution in [3.8, 4) is 0 Å². The first-order chi connectivity index (χ1) is 12.8. The number of amides is 1. The predicted octanol–water partition coefficient (Wildman–Crippen LogP) is 2.93. The van der Waals surface area contributed by atoms with Gasteiger partial charge in [-0.2, -0.15) is 0 Å². The summed E-state index contributed by atoms with van der Waals surface area (Å²) in [4.78, 5) is 23.5. The van der Waals surface area contributed by atoms with Gasteiger partial charge < -0.3 is 10.2 Å². The second-order valence-corrected chi connectivity index (χ2v) is 7.37. The van der Waals surface area contributed by atoms with E-state index in [2.05, 4.69) is 44.5 Å². The third kappa shape index (κ3) is 3.71. The van der Waals surface area contributed by atoms with Crippen LogP contribution in [0.2, 0.25) is 0 Å². The Balaban J connectivity index is 1.35. The van der Waals surface area contributed by atoms with E-state index in [1.165, 1.54) is 17.5 Å². The minimum absolute atomic E-state index is 0.0198. The molecule has 26 heavy (non-hydrogen) atoms. The minimum atomic E-state index is 0.0198. The molecule has 2 aliphatic rings. The number of carbonyl (C=O) groups is 1. The first-order valence-electron chi connectivity index (χ1n) is 9.69. The van der Waals surface area contributed by atoms with Crippen molar-refractivity contribution in [3.05, 3.63) is 53.9 Å². The van der Waals surface area contributed by atoms with Crippen LogP contribution in [0.1, 0.15) is 42.7 Å². The molecule has 1 aliphatic heterocycles. The van der Waals surface area contributed by atoms with E-state index >= 15 is 0 Å². The van der Waals surface area contributed by atoms with Gasteiger partial charge >= 0.3 is 0 Å². The molecular formula is C21H26N4O. The van der Waals surface area contributed by atoms with Crippen molar-refractivity contribution in [2.75, 3.05) is 24.5 Å². The van der Waals surface area contributed by atoms with Crippen LogP contribution in [0.15, 0.2) is 42.7 Å². The molecule has 2 aromatic rings. The standard InChI is InChI=1S/C21H26N4O/c26-20(18-9-4-13-25(15-18)21-22-11-5-12-23-21)24-14-17-8-3-7-16-6-1-2-10-19(16)17/h1-2,5-6,10-12,17-18H,3-4,7-9,13-15H2,(H,24,26). The van der Waals surface area contributed by atoms with Crippen molar-refractivity contribution < 1.29 is 4.79 Å². The highest BCUT2D eigenvalue weighted by Gasteiger charge is 2.28.